The van der Waals surface area contributed by atoms with Gasteiger partial charge in [0.15, 0.2) is 39.6 Å². The highest BCUT2D eigenvalue weighted by Crippen LogP contribution is 2.28. The number of hydrogen-bond donors (Lipinski definition) is 3. The molecule has 3 unspecified atom stereocenters. The number of halogens is 3. The molecule has 3 amide bonds. The van der Waals surface area contributed by atoms with Crippen molar-refractivity contribution in [1.29, 1.82) is 0 Å². The van der Waals surface area contributed by atoms with E-state index < -0.39 is 46.5 Å². The average Bonchev–Trinajstić information content (AvgIpc) is 1.13. The molecule has 6 aromatic heterocycles. The summed E-state index contributed by atoms with van der Waals surface area (Å²) in [5, 5.41) is 23.3. The Morgan fingerprint density at radius 2 is 0.837 bits per heavy atom. The topological polar surface area (TPSA) is 308 Å². The van der Waals surface area contributed by atoms with Gasteiger partial charge in [0.25, 0.3) is 17.7 Å². The van der Waals surface area contributed by atoms with Crippen LogP contribution in [-0.2, 0) is 39.0 Å². The summed E-state index contributed by atoms with van der Waals surface area (Å²) < 4.78 is 83.5. The smallest absolute Gasteiger partial charge is 0.306 e. The van der Waals surface area contributed by atoms with Crippen LogP contribution in [0.1, 0.15) is 169 Å². The number of nitrogens with one attached hydrogen (secondary N) is 3. The zero-order valence-electron chi connectivity index (χ0n) is 55.9. The molecular weight excluding hydrogens is 1380 g/mol. The fraction of sp³-hybridized carbons (Fsp3) is 0.333. The van der Waals surface area contributed by atoms with Gasteiger partial charge in [-0.25, -0.2) is 49.3 Å². The van der Waals surface area contributed by atoms with Crippen molar-refractivity contribution in [1.82, 2.24) is 60.2 Å². The van der Waals surface area contributed by atoms with Gasteiger partial charge in [0.1, 0.15) is 0 Å². The van der Waals surface area contributed by atoms with Crippen molar-refractivity contribution in [2.75, 3.05) is 18.6 Å². The number of methoxy groups -OCH3 is 1. The molecule has 0 saturated carbocycles. The van der Waals surface area contributed by atoms with Crippen molar-refractivity contribution in [2.45, 2.75) is 146 Å². The third-order valence-corrected chi connectivity index (χ3v) is 22.0. The molecule has 98 heavy (non-hydrogen) atoms. The number of esters is 1. The maximum Gasteiger partial charge on any atom is 0.306 e. The normalized spacial score (nSPS) is 12.5. The van der Waals surface area contributed by atoms with Crippen LogP contribution in [-0.4, -0.2) is 117 Å². The second-order valence-corrected chi connectivity index (χ2v) is 31.1. The van der Waals surface area contributed by atoms with Crippen molar-refractivity contribution < 1.29 is 49.2 Å². The first-order valence-corrected chi connectivity index (χ1v) is 37.5. The molecule has 0 aliphatic carbocycles. The fourth-order valence-electron chi connectivity index (χ4n) is 10.2. The highest BCUT2D eigenvalue weighted by Gasteiger charge is 2.27. The Morgan fingerprint density at radius 1 is 0.480 bits per heavy atom. The number of benzene rings is 3. The lowest BCUT2D eigenvalue weighted by molar-refractivity contribution is -0.140. The molecule has 29 heteroatoms. The Balaban J connectivity index is 0.000000207. The summed E-state index contributed by atoms with van der Waals surface area (Å²) in [5.74, 6) is -1.83. The molecule has 0 radical (unpaired) electrons. The number of ether oxygens (including phenoxy) is 1. The number of amides is 3. The number of nitrogens with zero attached hydrogens (tertiary/aromatic N) is 9. The molecule has 9 rings (SSSR count). The summed E-state index contributed by atoms with van der Waals surface area (Å²) in [6.45, 7) is 16.3. The van der Waals surface area contributed by atoms with E-state index in [0.717, 1.165) is 41.9 Å². The largest absolute Gasteiger partial charge is 0.469 e. The second-order valence-electron chi connectivity index (χ2n) is 23.0. The van der Waals surface area contributed by atoms with E-state index in [9.17, 15) is 44.4 Å². The van der Waals surface area contributed by atoms with E-state index in [1.807, 2.05) is 71.0 Å². The molecule has 3 aromatic carbocycles. The summed E-state index contributed by atoms with van der Waals surface area (Å²) in [6.07, 6.45) is 14.6. The summed E-state index contributed by atoms with van der Waals surface area (Å²) in [5.41, 5.74) is 7.88. The van der Waals surface area contributed by atoms with E-state index >= 15 is 0 Å². The van der Waals surface area contributed by atoms with Gasteiger partial charge in [-0.05, 0) is 162 Å². The van der Waals surface area contributed by atoms with Crippen LogP contribution in [0.2, 0.25) is 15.1 Å². The third-order valence-electron chi connectivity index (χ3n) is 15.9. The van der Waals surface area contributed by atoms with Crippen LogP contribution in [0.15, 0.2) is 161 Å². The van der Waals surface area contributed by atoms with Crippen molar-refractivity contribution >= 4 is 88.0 Å². The number of carbonyl (C=O) groups excluding carboxylic acids is 4. The predicted molar refractivity (Wildman–Crippen MR) is 377 cm³/mol. The molecule has 3 atom stereocenters. The van der Waals surface area contributed by atoms with E-state index in [4.69, 9.17) is 34.8 Å². The monoisotopic (exact) mass is 1450 g/mol. The van der Waals surface area contributed by atoms with Gasteiger partial charge in [0.2, 0.25) is 0 Å². The van der Waals surface area contributed by atoms with Gasteiger partial charge in [-0.1, -0.05) is 93.9 Å². The molecule has 6 heterocycles. The first kappa shape index (κ1) is 76.7. The Kier molecular flexibility index (Phi) is 27.2. The van der Waals surface area contributed by atoms with Crippen LogP contribution in [0.3, 0.4) is 0 Å². The molecule has 0 bridgehead atoms. The number of sulfone groups is 3. The van der Waals surface area contributed by atoms with Crippen LogP contribution in [0, 0.1) is 20.8 Å². The van der Waals surface area contributed by atoms with Crippen LogP contribution >= 0.6 is 34.8 Å². The quantitative estimate of drug-likeness (QED) is 0.0424. The Bertz CT molecular complexity index is 4570. The Hall–Kier alpha value is -8.66. The van der Waals surface area contributed by atoms with Gasteiger partial charge < -0.3 is 20.7 Å². The molecule has 0 spiro atoms. The van der Waals surface area contributed by atoms with Crippen molar-refractivity contribution in [3.05, 3.63) is 212 Å². The molecule has 3 N–H and O–H groups in total. The van der Waals surface area contributed by atoms with Crippen LogP contribution < -0.4 is 16.0 Å². The second kappa shape index (κ2) is 34.7. The summed E-state index contributed by atoms with van der Waals surface area (Å²) in [7, 11) is -9.37. The highest BCUT2D eigenvalue weighted by atomic mass is 35.5. The van der Waals surface area contributed by atoms with Gasteiger partial charge in [0.05, 0.1) is 123 Å². The minimum Gasteiger partial charge on any atom is -0.469 e. The van der Waals surface area contributed by atoms with E-state index in [1.165, 1.54) is 56.4 Å². The molecule has 0 saturated heterocycles. The molecule has 0 aliphatic rings. The minimum atomic E-state index is -3.74. The summed E-state index contributed by atoms with van der Waals surface area (Å²) in [6, 6.07) is 28.3. The first-order valence-electron chi connectivity index (χ1n) is 31.5. The SMILES string of the molecule is CCCC(NC(=O)c1cnn(-c2ccc(Cl)cc2)c1C)c1ccc(S(=O)(=O)CC)nc1.CCCC(NC(=O)c1cnn(-c2ccc(Cl)cc2)c1C)c1ccc(S(=O)(=O)CCC(=O)OC)nc1.CCCC(NC(=O)c1cnn(-c2ccc(Cl)cc2)c1C)c1cncc(S(=O)(=O)C(C)C)c1. The number of carbonyl (C=O) groups is 4. The number of aromatic nitrogens is 9. The van der Waals surface area contributed by atoms with E-state index in [0.29, 0.717) is 79.2 Å². The fourth-order valence-corrected chi connectivity index (χ4v) is 13.5. The third kappa shape index (κ3) is 19.6. The van der Waals surface area contributed by atoms with E-state index in [1.54, 1.807) is 103 Å². The number of pyridine rings is 3. The molecule has 23 nitrogen and oxygen atoms in total. The Labute approximate surface area is 586 Å². The standard InChI is InChI=1S/C24H27ClN4O5S.C23H27ClN4O3S.C22H25ClN4O3S/c1-4-5-21(17-6-11-22(26-14-17)35(32,33)13-12-23(30)34-3)28-24(31)20-15-27-29(16(20)2)19-9-7-18(25)8-10-19;1-5-6-22(17-11-20(13-25-12-17)32(30,31)15(2)3)27-23(29)21-14-26-28(16(21)4)19-9-7-18(24)8-10-19;1-4-6-20(16-7-12-21(24-13-16)31(29,30)5-2)26-22(28)19-14-25-27(15(19)3)18-10-8-17(23)9-11-18/h6-11,14-15,21H,4-5,12-13H2,1-3H3,(H,28,31);7-15,22H,5-6H2,1-4H3,(H,27,29);7-14,20H,4-6H2,1-3H3,(H,26,28). The average molecular weight is 1460 g/mol. The van der Waals surface area contributed by atoms with Crippen LogP contribution in [0.5, 0.6) is 0 Å². The zero-order valence-corrected chi connectivity index (χ0v) is 60.6. The van der Waals surface area contributed by atoms with Crippen molar-refractivity contribution in [2.24, 2.45) is 0 Å². The number of hydrogen-bond acceptors (Lipinski definition) is 17. The maximum absolute atomic E-state index is 13.1. The van der Waals surface area contributed by atoms with E-state index in [2.05, 4.69) is 50.9 Å². The van der Waals surface area contributed by atoms with Gasteiger partial charge in [-0.3, -0.25) is 24.2 Å². The lowest BCUT2D eigenvalue weighted by Crippen LogP contribution is -2.29. The van der Waals surface area contributed by atoms with E-state index in [-0.39, 0.29) is 63.0 Å². The molecule has 9 aromatic rings. The summed E-state index contributed by atoms with van der Waals surface area (Å²) in [4.78, 5) is 62.9. The minimum absolute atomic E-state index is 0.00857. The molecular formula is C69H79Cl3N12O11S3. The molecule has 0 fully saturated rings. The molecule has 520 valence electrons. The van der Waals surface area contributed by atoms with Crippen LogP contribution in [0.25, 0.3) is 17.1 Å². The lowest BCUT2D eigenvalue weighted by atomic mass is 10.0. The maximum atomic E-state index is 13.1. The van der Waals surface area contributed by atoms with Crippen molar-refractivity contribution in [3.63, 3.8) is 0 Å². The van der Waals surface area contributed by atoms with Crippen LogP contribution in [0.4, 0.5) is 0 Å². The zero-order chi connectivity index (χ0) is 71.6. The number of rotatable bonds is 26. The van der Waals surface area contributed by atoms with Gasteiger partial charge >= 0.3 is 5.97 Å². The lowest BCUT2D eigenvalue weighted by Gasteiger charge is -2.19. The van der Waals surface area contributed by atoms with Gasteiger partial charge in [-0.15, -0.1) is 0 Å². The van der Waals surface area contributed by atoms with Crippen molar-refractivity contribution in [3.8, 4) is 17.1 Å². The van der Waals surface area contributed by atoms with Gasteiger partial charge in [-0.2, -0.15) is 15.3 Å². The summed E-state index contributed by atoms with van der Waals surface area (Å²) >= 11 is 17.9. The predicted octanol–water partition coefficient (Wildman–Crippen LogP) is 12.8. The molecule has 0 aliphatic heterocycles. The van der Waals surface area contributed by atoms with Gasteiger partial charge in [0, 0.05) is 39.9 Å². The Morgan fingerprint density at radius 3 is 1.15 bits per heavy atom. The first-order chi connectivity index (χ1) is 46.6. The highest BCUT2D eigenvalue weighted by molar-refractivity contribution is 7.92.